The fourth-order valence-electron chi connectivity index (χ4n) is 5.13. The number of fused-ring (bicyclic) bond motifs is 2. The predicted octanol–water partition coefficient (Wildman–Crippen LogP) is 5.07. The number of ether oxygens (including phenoxy) is 2. The summed E-state index contributed by atoms with van der Waals surface area (Å²) in [6.45, 7) is 4.64. The monoisotopic (exact) mass is 642 g/mol. The number of aromatic nitrogens is 4. The number of methoxy groups -OCH3 is 2. The highest BCUT2D eigenvalue weighted by molar-refractivity contribution is 7.20. The standard InChI is InChI=1S/C33H34N6O6S/c1-5-39-25(14-19(2)37-39)32(43)36-33-35-23-16-21(31(34)42)9-10-24(23)38(33)13-7-6-8-20-15-22-17-29(26(40)11-12-30(41)45-4)46-28(22)18-27(20)44-3/h6-7,9-10,14-18H,5,8,11-13H2,1-4H3,(H2,34,42)(H,35,36,43)/b7-6+. The average molecular weight is 643 g/mol. The minimum atomic E-state index is -0.571. The van der Waals surface area contributed by atoms with Crippen molar-refractivity contribution in [3.63, 3.8) is 0 Å². The topological polar surface area (TPSA) is 160 Å². The number of hydrogen-bond donors (Lipinski definition) is 2. The number of esters is 1. The summed E-state index contributed by atoms with van der Waals surface area (Å²) in [4.78, 5) is 54.4. The number of Topliss-reactive ketones (excluding diaryl/α,β-unsaturated/α-hetero) is 1. The number of nitrogens with two attached hydrogens (primary N) is 1. The zero-order chi connectivity index (χ0) is 33.0. The van der Waals surface area contributed by atoms with Crippen LogP contribution in [0.4, 0.5) is 5.95 Å². The molecule has 0 atom stereocenters. The Labute approximate surface area is 268 Å². The number of imidazole rings is 1. The van der Waals surface area contributed by atoms with Crippen LogP contribution >= 0.6 is 11.3 Å². The molecule has 0 saturated carbocycles. The van der Waals surface area contributed by atoms with Crippen LogP contribution in [0.3, 0.4) is 0 Å². The second-order valence-corrected chi connectivity index (χ2v) is 11.6. The van der Waals surface area contributed by atoms with E-state index in [0.717, 1.165) is 21.3 Å². The summed E-state index contributed by atoms with van der Waals surface area (Å²) in [7, 11) is 2.90. The first-order valence-electron chi connectivity index (χ1n) is 14.6. The Balaban J connectivity index is 1.38. The number of rotatable bonds is 13. The van der Waals surface area contributed by atoms with E-state index >= 15 is 0 Å². The predicted molar refractivity (Wildman–Crippen MR) is 176 cm³/mol. The van der Waals surface area contributed by atoms with Crippen LogP contribution in [0.15, 0.2) is 54.6 Å². The van der Waals surface area contributed by atoms with Gasteiger partial charge in [0.15, 0.2) is 5.78 Å². The minimum absolute atomic E-state index is 0.0377. The number of ketones is 1. The summed E-state index contributed by atoms with van der Waals surface area (Å²) in [6, 6.07) is 12.4. The summed E-state index contributed by atoms with van der Waals surface area (Å²) in [5.41, 5.74) is 9.10. The number of nitrogens with zero attached hydrogens (tertiary/aromatic N) is 4. The van der Waals surface area contributed by atoms with Crippen LogP contribution in [0, 0.1) is 6.92 Å². The van der Waals surface area contributed by atoms with E-state index in [4.69, 9.17) is 10.5 Å². The van der Waals surface area contributed by atoms with Crippen molar-refractivity contribution in [2.24, 2.45) is 5.73 Å². The summed E-state index contributed by atoms with van der Waals surface area (Å²) in [5.74, 6) is -0.448. The van der Waals surface area contributed by atoms with Gasteiger partial charge >= 0.3 is 5.97 Å². The Kier molecular flexibility index (Phi) is 9.61. The Morgan fingerprint density at radius 1 is 1.04 bits per heavy atom. The first-order chi connectivity index (χ1) is 22.1. The lowest BCUT2D eigenvalue weighted by atomic mass is 10.1. The highest BCUT2D eigenvalue weighted by Crippen LogP contribution is 2.33. The molecule has 0 fully saturated rings. The number of amides is 2. The number of primary amides is 1. The lowest BCUT2D eigenvalue weighted by molar-refractivity contribution is -0.140. The normalized spacial score (nSPS) is 11.4. The average Bonchev–Trinajstić information content (AvgIpc) is 3.74. The third-order valence-electron chi connectivity index (χ3n) is 7.46. The van der Waals surface area contributed by atoms with Gasteiger partial charge in [-0.3, -0.25) is 29.2 Å². The largest absolute Gasteiger partial charge is 0.496 e. The van der Waals surface area contributed by atoms with Crippen LogP contribution in [0.1, 0.15) is 61.5 Å². The second kappa shape index (κ2) is 13.8. The number of hydrogen-bond acceptors (Lipinski definition) is 9. The molecule has 0 saturated heterocycles. The molecule has 0 bridgehead atoms. The van der Waals surface area contributed by atoms with Crippen molar-refractivity contribution in [1.29, 1.82) is 0 Å². The van der Waals surface area contributed by atoms with Gasteiger partial charge in [-0.15, -0.1) is 11.3 Å². The van der Waals surface area contributed by atoms with E-state index in [1.165, 1.54) is 18.4 Å². The first-order valence-corrected chi connectivity index (χ1v) is 15.4. The van der Waals surface area contributed by atoms with Crippen molar-refractivity contribution in [2.75, 3.05) is 19.5 Å². The molecule has 0 radical (unpaired) electrons. The fraction of sp³-hybridized carbons (Fsp3) is 0.273. The Hall–Kier alpha value is -5.30. The minimum Gasteiger partial charge on any atom is -0.496 e. The number of benzene rings is 2. The van der Waals surface area contributed by atoms with Gasteiger partial charge in [0.05, 0.1) is 42.2 Å². The number of carbonyl (C=O) groups excluding carboxylic acids is 4. The van der Waals surface area contributed by atoms with E-state index in [-0.39, 0.29) is 24.5 Å². The molecule has 0 aliphatic rings. The van der Waals surface area contributed by atoms with E-state index in [2.05, 4.69) is 20.1 Å². The molecule has 0 aliphatic heterocycles. The number of allylic oxidation sites excluding steroid dienone is 2. The molecule has 5 rings (SSSR count). The van der Waals surface area contributed by atoms with Crippen molar-refractivity contribution >= 4 is 62.0 Å². The van der Waals surface area contributed by atoms with E-state index in [0.29, 0.717) is 58.4 Å². The fourth-order valence-corrected chi connectivity index (χ4v) is 6.17. The molecular formula is C33H34N6O6S. The molecule has 3 heterocycles. The quantitative estimate of drug-likeness (QED) is 0.102. The van der Waals surface area contributed by atoms with Crippen LogP contribution in [-0.4, -0.2) is 57.1 Å². The Morgan fingerprint density at radius 3 is 2.57 bits per heavy atom. The number of nitrogens with one attached hydrogen (secondary N) is 1. The molecule has 3 aromatic heterocycles. The van der Waals surface area contributed by atoms with E-state index in [1.807, 2.05) is 48.8 Å². The van der Waals surface area contributed by atoms with Gasteiger partial charge in [-0.25, -0.2) is 4.98 Å². The Morgan fingerprint density at radius 2 is 1.85 bits per heavy atom. The van der Waals surface area contributed by atoms with Crippen LogP contribution in [0.5, 0.6) is 5.75 Å². The molecular weight excluding hydrogens is 608 g/mol. The van der Waals surface area contributed by atoms with Gasteiger partial charge in [0, 0.05) is 29.8 Å². The van der Waals surface area contributed by atoms with Crippen LogP contribution in [0.25, 0.3) is 21.1 Å². The number of thiophene rings is 1. The zero-order valence-corrected chi connectivity index (χ0v) is 26.8. The van der Waals surface area contributed by atoms with Crippen molar-refractivity contribution in [3.05, 3.63) is 82.0 Å². The maximum absolute atomic E-state index is 13.3. The molecule has 46 heavy (non-hydrogen) atoms. The maximum Gasteiger partial charge on any atom is 0.305 e. The lowest BCUT2D eigenvalue weighted by Crippen LogP contribution is -2.19. The van der Waals surface area contributed by atoms with Crippen LogP contribution < -0.4 is 15.8 Å². The van der Waals surface area contributed by atoms with E-state index < -0.39 is 11.9 Å². The van der Waals surface area contributed by atoms with Crippen LogP contribution in [0.2, 0.25) is 0 Å². The molecule has 0 aliphatic carbocycles. The number of anilines is 1. The van der Waals surface area contributed by atoms with Crippen molar-refractivity contribution in [1.82, 2.24) is 19.3 Å². The van der Waals surface area contributed by atoms with Crippen LogP contribution in [-0.2, 0) is 29.0 Å². The number of carbonyl (C=O) groups is 4. The molecule has 3 N–H and O–H groups in total. The van der Waals surface area contributed by atoms with Gasteiger partial charge in [0.2, 0.25) is 11.9 Å². The maximum atomic E-state index is 13.3. The third-order valence-corrected chi connectivity index (χ3v) is 8.60. The van der Waals surface area contributed by atoms with Crippen molar-refractivity contribution < 1.29 is 28.7 Å². The SMILES string of the molecule is CCn1nc(C)cc1C(=O)Nc1nc2cc(C(N)=O)ccc2n1C/C=C/Cc1cc2cc(C(=O)CCC(=O)OC)sc2cc1OC. The molecule has 2 aromatic carbocycles. The smallest absolute Gasteiger partial charge is 0.305 e. The molecule has 13 heteroatoms. The van der Waals surface area contributed by atoms with Gasteiger partial charge in [-0.2, -0.15) is 5.10 Å². The van der Waals surface area contributed by atoms with E-state index in [1.54, 1.807) is 36.1 Å². The third kappa shape index (κ3) is 6.84. The van der Waals surface area contributed by atoms with Gasteiger partial charge in [-0.05, 0) is 73.7 Å². The molecule has 12 nitrogen and oxygen atoms in total. The van der Waals surface area contributed by atoms with Gasteiger partial charge in [0.25, 0.3) is 5.91 Å². The summed E-state index contributed by atoms with van der Waals surface area (Å²) >= 11 is 1.36. The van der Waals surface area contributed by atoms with Crippen molar-refractivity contribution in [3.8, 4) is 5.75 Å². The van der Waals surface area contributed by atoms with Gasteiger partial charge in [0.1, 0.15) is 11.4 Å². The van der Waals surface area contributed by atoms with Crippen molar-refractivity contribution in [2.45, 2.75) is 46.2 Å². The first kappa shape index (κ1) is 32.1. The number of aryl methyl sites for hydroxylation is 2. The lowest BCUT2D eigenvalue weighted by Gasteiger charge is -2.09. The highest BCUT2D eigenvalue weighted by Gasteiger charge is 2.19. The van der Waals surface area contributed by atoms with Gasteiger partial charge < -0.3 is 19.8 Å². The van der Waals surface area contributed by atoms with Gasteiger partial charge in [-0.1, -0.05) is 12.2 Å². The summed E-state index contributed by atoms with van der Waals surface area (Å²) < 4.78 is 14.7. The summed E-state index contributed by atoms with van der Waals surface area (Å²) in [6.07, 6.45) is 4.61. The highest BCUT2D eigenvalue weighted by atomic mass is 32.1. The molecule has 0 spiro atoms. The summed E-state index contributed by atoms with van der Waals surface area (Å²) in [5, 5.41) is 8.18. The molecule has 2 amide bonds. The Bertz CT molecular complexity index is 2000. The second-order valence-electron chi connectivity index (χ2n) is 10.5. The molecule has 238 valence electrons. The molecule has 0 unspecified atom stereocenters. The van der Waals surface area contributed by atoms with E-state index in [9.17, 15) is 19.2 Å². The molecule has 5 aromatic rings. The zero-order valence-electron chi connectivity index (χ0n) is 26.0.